The number of primary amides is 1. The van der Waals surface area contributed by atoms with E-state index in [1.807, 2.05) is 38.1 Å². The summed E-state index contributed by atoms with van der Waals surface area (Å²) in [6.45, 7) is 3.64. The predicted octanol–water partition coefficient (Wildman–Crippen LogP) is 1.66. The van der Waals surface area contributed by atoms with Crippen molar-refractivity contribution >= 4 is 28.3 Å². The number of amides is 2. The van der Waals surface area contributed by atoms with E-state index in [1.54, 1.807) is 12.1 Å². The summed E-state index contributed by atoms with van der Waals surface area (Å²) >= 11 is 0. The zero-order valence-corrected chi connectivity index (χ0v) is 12.1. The number of hydrogen-bond donors (Lipinski definition) is 3. The van der Waals surface area contributed by atoms with Gasteiger partial charge in [-0.1, -0.05) is 38.1 Å². The van der Waals surface area contributed by atoms with Crippen molar-refractivity contribution in [1.29, 1.82) is 0 Å². The van der Waals surface area contributed by atoms with Gasteiger partial charge in [0.05, 0.1) is 5.56 Å². The van der Waals surface area contributed by atoms with Crippen molar-refractivity contribution in [2.45, 2.75) is 19.9 Å². The molecule has 0 saturated carbocycles. The molecule has 21 heavy (non-hydrogen) atoms. The Hall–Kier alpha value is -2.56. The number of nitrogen functional groups attached to an aromatic ring is 1. The second-order valence-corrected chi connectivity index (χ2v) is 5.38. The highest BCUT2D eigenvalue weighted by Gasteiger charge is 2.23. The molecule has 0 aromatic heterocycles. The molecule has 2 aromatic carbocycles. The molecular weight excluding hydrogens is 266 g/mol. The third-order valence-electron chi connectivity index (χ3n) is 3.42. The molecule has 1 unspecified atom stereocenters. The summed E-state index contributed by atoms with van der Waals surface area (Å²) in [6.07, 6.45) is 0. The van der Waals surface area contributed by atoms with Crippen LogP contribution in [0.2, 0.25) is 0 Å². The largest absolute Gasteiger partial charge is 0.398 e. The first-order valence-electron chi connectivity index (χ1n) is 6.78. The summed E-state index contributed by atoms with van der Waals surface area (Å²) in [7, 11) is 0. The standard InChI is InChI=1S/C16H19N3O2/c1-9(2)14(15(18)20)19-16(21)12-7-10-5-3-4-6-11(10)8-13(12)17/h3-9,14H,17H2,1-2H3,(H2,18,20)(H,19,21). The zero-order valence-electron chi connectivity index (χ0n) is 12.1. The molecule has 0 bridgehead atoms. The monoisotopic (exact) mass is 285 g/mol. The van der Waals surface area contributed by atoms with E-state index >= 15 is 0 Å². The fourth-order valence-electron chi connectivity index (χ4n) is 2.24. The minimum absolute atomic E-state index is 0.0897. The van der Waals surface area contributed by atoms with Crippen LogP contribution in [0, 0.1) is 5.92 Å². The first-order valence-corrected chi connectivity index (χ1v) is 6.78. The van der Waals surface area contributed by atoms with Gasteiger partial charge in [0.1, 0.15) is 6.04 Å². The Kier molecular flexibility index (Phi) is 4.12. The second-order valence-electron chi connectivity index (χ2n) is 5.38. The lowest BCUT2D eigenvalue weighted by Gasteiger charge is -2.19. The highest BCUT2D eigenvalue weighted by atomic mass is 16.2. The average Bonchev–Trinajstić information content (AvgIpc) is 2.43. The molecule has 2 amide bonds. The smallest absolute Gasteiger partial charge is 0.254 e. The number of rotatable bonds is 4. The van der Waals surface area contributed by atoms with Crippen LogP contribution in [0.1, 0.15) is 24.2 Å². The van der Waals surface area contributed by atoms with E-state index in [0.29, 0.717) is 11.3 Å². The van der Waals surface area contributed by atoms with Crippen molar-refractivity contribution < 1.29 is 9.59 Å². The number of fused-ring (bicyclic) bond motifs is 1. The van der Waals surface area contributed by atoms with Crippen LogP contribution in [0.25, 0.3) is 10.8 Å². The predicted molar refractivity (Wildman–Crippen MR) is 83.6 cm³/mol. The highest BCUT2D eigenvalue weighted by Crippen LogP contribution is 2.22. The van der Waals surface area contributed by atoms with Crippen LogP contribution >= 0.6 is 0 Å². The number of carbonyl (C=O) groups excluding carboxylic acids is 2. The normalized spacial score (nSPS) is 12.3. The van der Waals surface area contributed by atoms with Crippen LogP contribution in [-0.4, -0.2) is 17.9 Å². The summed E-state index contributed by atoms with van der Waals surface area (Å²) in [4.78, 5) is 23.7. The van der Waals surface area contributed by atoms with Gasteiger partial charge < -0.3 is 16.8 Å². The molecular formula is C16H19N3O2. The average molecular weight is 285 g/mol. The van der Waals surface area contributed by atoms with Crippen LogP contribution in [0.3, 0.4) is 0 Å². The minimum Gasteiger partial charge on any atom is -0.398 e. The topological polar surface area (TPSA) is 98.2 Å². The Morgan fingerprint density at radius 2 is 1.67 bits per heavy atom. The molecule has 0 heterocycles. The number of hydrogen-bond acceptors (Lipinski definition) is 3. The quantitative estimate of drug-likeness (QED) is 0.745. The first kappa shape index (κ1) is 14.8. The number of benzene rings is 2. The van der Waals surface area contributed by atoms with Crippen molar-refractivity contribution in [3.63, 3.8) is 0 Å². The second kappa shape index (κ2) is 5.83. The third-order valence-corrected chi connectivity index (χ3v) is 3.42. The van der Waals surface area contributed by atoms with Crippen LogP contribution < -0.4 is 16.8 Å². The van der Waals surface area contributed by atoms with Crippen LogP contribution in [0.4, 0.5) is 5.69 Å². The first-order chi connectivity index (χ1) is 9.90. The van der Waals surface area contributed by atoms with Crippen LogP contribution in [0.5, 0.6) is 0 Å². The van der Waals surface area contributed by atoms with Crippen LogP contribution in [-0.2, 0) is 4.79 Å². The van der Waals surface area contributed by atoms with Crippen molar-refractivity contribution in [3.8, 4) is 0 Å². The van der Waals surface area contributed by atoms with E-state index in [1.165, 1.54) is 0 Å². The SMILES string of the molecule is CC(C)C(NC(=O)c1cc2ccccc2cc1N)C(N)=O. The van der Waals surface area contributed by atoms with E-state index < -0.39 is 17.9 Å². The number of nitrogens with two attached hydrogens (primary N) is 2. The Balaban J connectivity index is 2.34. The van der Waals surface area contributed by atoms with Crippen molar-refractivity contribution in [2.75, 3.05) is 5.73 Å². The molecule has 2 aromatic rings. The molecule has 1 atom stereocenters. The van der Waals surface area contributed by atoms with Gasteiger partial charge in [0.15, 0.2) is 0 Å². The molecule has 2 rings (SSSR count). The summed E-state index contributed by atoms with van der Waals surface area (Å²) in [5.74, 6) is -1.04. The van der Waals surface area contributed by atoms with E-state index in [9.17, 15) is 9.59 Å². The van der Waals surface area contributed by atoms with Gasteiger partial charge in [-0.15, -0.1) is 0 Å². The molecule has 5 nitrogen and oxygen atoms in total. The summed E-state index contributed by atoms with van der Waals surface area (Å²) < 4.78 is 0. The van der Waals surface area contributed by atoms with Gasteiger partial charge in [0.25, 0.3) is 5.91 Å². The number of anilines is 1. The Labute approximate surface area is 123 Å². The van der Waals surface area contributed by atoms with Crippen molar-refractivity contribution in [3.05, 3.63) is 42.0 Å². The van der Waals surface area contributed by atoms with Crippen LogP contribution in [0.15, 0.2) is 36.4 Å². The van der Waals surface area contributed by atoms with Gasteiger partial charge in [-0.05, 0) is 28.8 Å². The van der Waals surface area contributed by atoms with E-state index in [-0.39, 0.29) is 5.92 Å². The lowest BCUT2D eigenvalue weighted by Crippen LogP contribution is -2.47. The van der Waals surface area contributed by atoms with Crippen molar-refractivity contribution in [1.82, 2.24) is 5.32 Å². The van der Waals surface area contributed by atoms with Gasteiger partial charge in [0.2, 0.25) is 5.91 Å². The molecule has 0 aliphatic rings. The third kappa shape index (κ3) is 3.13. The lowest BCUT2D eigenvalue weighted by molar-refractivity contribution is -0.120. The Morgan fingerprint density at radius 3 is 2.19 bits per heavy atom. The molecule has 0 radical (unpaired) electrons. The van der Waals surface area contributed by atoms with Gasteiger partial charge in [0, 0.05) is 5.69 Å². The molecule has 0 aliphatic heterocycles. The molecule has 110 valence electrons. The summed E-state index contributed by atoms with van der Waals surface area (Å²) in [5, 5.41) is 4.52. The van der Waals surface area contributed by atoms with Gasteiger partial charge in [-0.2, -0.15) is 0 Å². The van der Waals surface area contributed by atoms with E-state index in [4.69, 9.17) is 11.5 Å². The fourth-order valence-corrected chi connectivity index (χ4v) is 2.24. The summed E-state index contributed by atoms with van der Waals surface area (Å²) in [6, 6.07) is 10.4. The van der Waals surface area contributed by atoms with E-state index in [2.05, 4.69) is 5.32 Å². The molecule has 0 fully saturated rings. The van der Waals surface area contributed by atoms with Gasteiger partial charge >= 0.3 is 0 Å². The molecule has 0 spiro atoms. The Morgan fingerprint density at radius 1 is 1.10 bits per heavy atom. The fraction of sp³-hybridized carbons (Fsp3) is 0.250. The minimum atomic E-state index is -0.719. The van der Waals surface area contributed by atoms with E-state index in [0.717, 1.165) is 10.8 Å². The Bertz CT molecular complexity index is 695. The maximum Gasteiger partial charge on any atom is 0.254 e. The zero-order chi connectivity index (χ0) is 15.6. The molecule has 0 saturated heterocycles. The number of carbonyl (C=O) groups is 2. The highest BCUT2D eigenvalue weighted by molar-refractivity contribution is 6.05. The van der Waals surface area contributed by atoms with Gasteiger partial charge in [-0.25, -0.2) is 0 Å². The van der Waals surface area contributed by atoms with Gasteiger partial charge in [-0.3, -0.25) is 9.59 Å². The van der Waals surface area contributed by atoms with Crippen molar-refractivity contribution in [2.24, 2.45) is 11.7 Å². The summed E-state index contributed by atoms with van der Waals surface area (Å²) in [5.41, 5.74) is 12.0. The molecule has 5 heteroatoms. The maximum atomic E-state index is 12.3. The molecule has 0 aliphatic carbocycles. The number of nitrogens with one attached hydrogen (secondary N) is 1. The molecule has 5 N–H and O–H groups in total. The lowest BCUT2D eigenvalue weighted by atomic mass is 10.0. The maximum absolute atomic E-state index is 12.3.